The zero-order chi connectivity index (χ0) is 15.2. The molecular formula is C12H19ClF3N3OS. The van der Waals surface area contributed by atoms with Crippen molar-refractivity contribution in [3.05, 3.63) is 16.1 Å². The van der Waals surface area contributed by atoms with E-state index in [0.29, 0.717) is 24.3 Å². The van der Waals surface area contributed by atoms with Crippen LogP contribution in [-0.2, 0) is 11.0 Å². The van der Waals surface area contributed by atoms with Crippen LogP contribution in [0.5, 0.6) is 0 Å². The Labute approximate surface area is 131 Å². The molecule has 1 unspecified atom stereocenters. The molecule has 0 aliphatic rings. The molecule has 0 fully saturated rings. The number of nitrogens with one attached hydrogen (secondary N) is 2. The number of amides is 1. The first-order chi connectivity index (χ1) is 9.38. The summed E-state index contributed by atoms with van der Waals surface area (Å²) in [5.41, 5.74) is -0.902. The molecule has 0 aromatic carbocycles. The maximum absolute atomic E-state index is 12.5. The van der Waals surface area contributed by atoms with Crippen molar-refractivity contribution < 1.29 is 18.0 Å². The number of hydrogen-bond acceptors (Lipinski definition) is 4. The van der Waals surface area contributed by atoms with Crippen LogP contribution in [0.3, 0.4) is 0 Å². The Morgan fingerprint density at radius 2 is 2.14 bits per heavy atom. The van der Waals surface area contributed by atoms with Gasteiger partial charge in [0.25, 0.3) is 0 Å². The van der Waals surface area contributed by atoms with Crippen LogP contribution in [0.15, 0.2) is 5.38 Å². The highest BCUT2D eigenvalue weighted by Gasteiger charge is 2.34. The van der Waals surface area contributed by atoms with Crippen LogP contribution in [0.25, 0.3) is 0 Å². The van der Waals surface area contributed by atoms with Crippen LogP contribution in [0.1, 0.15) is 42.9 Å². The molecule has 1 heterocycles. The summed E-state index contributed by atoms with van der Waals surface area (Å²) < 4.78 is 37.5. The van der Waals surface area contributed by atoms with Gasteiger partial charge in [-0.15, -0.1) is 23.7 Å². The lowest BCUT2D eigenvalue weighted by Gasteiger charge is -2.14. The van der Waals surface area contributed by atoms with Gasteiger partial charge in [-0.05, 0) is 26.4 Å². The molecule has 1 rings (SSSR count). The van der Waals surface area contributed by atoms with Crippen molar-refractivity contribution in [2.24, 2.45) is 0 Å². The van der Waals surface area contributed by atoms with E-state index in [9.17, 15) is 18.0 Å². The lowest BCUT2D eigenvalue weighted by atomic mass is 10.2. The van der Waals surface area contributed by atoms with E-state index in [1.54, 1.807) is 14.0 Å². The Kier molecular flexibility index (Phi) is 8.84. The molecule has 1 atom stereocenters. The number of carbonyl (C=O) groups is 1. The van der Waals surface area contributed by atoms with Crippen LogP contribution in [0, 0.1) is 0 Å². The summed E-state index contributed by atoms with van der Waals surface area (Å²) in [5, 5.41) is 6.92. The molecule has 21 heavy (non-hydrogen) atoms. The molecular weight excluding hydrogens is 327 g/mol. The first-order valence-electron chi connectivity index (χ1n) is 6.35. The number of nitrogens with zero attached hydrogens (tertiary/aromatic N) is 1. The van der Waals surface area contributed by atoms with Crippen molar-refractivity contribution in [2.75, 3.05) is 13.6 Å². The Morgan fingerprint density at radius 3 is 2.62 bits per heavy atom. The number of aromatic nitrogens is 1. The van der Waals surface area contributed by atoms with Crippen LogP contribution in [0.2, 0.25) is 0 Å². The van der Waals surface area contributed by atoms with Gasteiger partial charge in [0.05, 0.1) is 6.04 Å². The summed E-state index contributed by atoms with van der Waals surface area (Å²) >= 11 is 0.921. The van der Waals surface area contributed by atoms with Gasteiger partial charge in [-0.2, -0.15) is 13.2 Å². The SMILES string of the molecule is CCC(NC(=O)CCCNC)c1nc(C(F)(F)F)cs1.Cl. The van der Waals surface area contributed by atoms with Crippen molar-refractivity contribution in [1.29, 1.82) is 0 Å². The highest BCUT2D eigenvalue weighted by atomic mass is 35.5. The topological polar surface area (TPSA) is 54.0 Å². The molecule has 4 nitrogen and oxygen atoms in total. The molecule has 0 saturated carbocycles. The van der Waals surface area contributed by atoms with Gasteiger partial charge in [-0.3, -0.25) is 4.79 Å². The summed E-state index contributed by atoms with van der Waals surface area (Å²) in [5.74, 6) is -0.171. The zero-order valence-electron chi connectivity index (χ0n) is 11.8. The second-order valence-corrected chi connectivity index (χ2v) is 5.19. The summed E-state index contributed by atoms with van der Waals surface area (Å²) in [6, 6.07) is -0.460. The number of carbonyl (C=O) groups excluding carboxylic acids is 1. The maximum atomic E-state index is 12.5. The molecule has 1 amide bonds. The lowest BCUT2D eigenvalue weighted by molar-refractivity contribution is -0.140. The second kappa shape index (κ2) is 9.22. The molecule has 0 bridgehead atoms. The lowest BCUT2D eigenvalue weighted by Crippen LogP contribution is -2.28. The molecule has 9 heteroatoms. The van der Waals surface area contributed by atoms with E-state index in [1.165, 1.54) is 0 Å². The summed E-state index contributed by atoms with van der Waals surface area (Å²) in [7, 11) is 1.79. The molecule has 1 aromatic rings. The Hall–Kier alpha value is -0.860. The Bertz CT molecular complexity index is 440. The average molecular weight is 346 g/mol. The zero-order valence-corrected chi connectivity index (χ0v) is 13.4. The minimum absolute atomic E-state index is 0. The highest BCUT2D eigenvalue weighted by Crippen LogP contribution is 2.32. The molecule has 1 aromatic heterocycles. The predicted octanol–water partition coefficient (Wildman–Crippen LogP) is 3.15. The van der Waals surface area contributed by atoms with E-state index in [2.05, 4.69) is 15.6 Å². The number of thiazole rings is 1. The molecule has 0 spiro atoms. The standard InChI is InChI=1S/C12H18F3N3OS.ClH/c1-3-8(17-10(19)5-4-6-16-2)11-18-9(7-20-11)12(13,14)15;/h7-8,16H,3-6H2,1-2H3,(H,17,19);1H. The largest absolute Gasteiger partial charge is 0.434 e. The minimum atomic E-state index is -4.44. The molecule has 0 saturated heterocycles. The highest BCUT2D eigenvalue weighted by molar-refractivity contribution is 7.09. The van der Waals surface area contributed by atoms with Crippen molar-refractivity contribution in [3.63, 3.8) is 0 Å². The van der Waals surface area contributed by atoms with Gasteiger partial charge < -0.3 is 10.6 Å². The van der Waals surface area contributed by atoms with Gasteiger partial charge >= 0.3 is 6.18 Å². The number of rotatable bonds is 7. The van der Waals surface area contributed by atoms with Crippen molar-refractivity contribution >= 4 is 29.7 Å². The van der Waals surface area contributed by atoms with E-state index >= 15 is 0 Å². The fourth-order valence-electron chi connectivity index (χ4n) is 1.61. The molecule has 0 radical (unpaired) electrons. The third-order valence-electron chi connectivity index (χ3n) is 2.68. The Balaban J connectivity index is 0.00000400. The summed E-state index contributed by atoms with van der Waals surface area (Å²) in [6.45, 7) is 2.52. The van der Waals surface area contributed by atoms with Gasteiger partial charge in [-0.25, -0.2) is 4.98 Å². The average Bonchev–Trinajstić information content (AvgIpc) is 2.85. The van der Waals surface area contributed by atoms with Gasteiger partial charge in [0, 0.05) is 11.8 Å². The number of halogens is 4. The minimum Gasteiger partial charge on any atom is -0.347 e. The van der Waals surface area contributed by atoms with Crippen LogP contribution in [0.4, 0.5) is 13.2 Å². The van der Waals surface area contributed by atoms with Crippen LogP contribution >= 0.6 is 23.7 Å². The van der Waals surface area contributed by atoms with Crippen molar-refractivity contribution in [2.45, 2.75) is 38.4 Å². The normalized spacial score (nSPS) is 12.6. The van der Waals surface area contributed by atoms with Crippen molar-refractivity contribution in [1.82, 2.24) is 15.6 Å². The van der Waals surface area contributed by atoms with E-state index in [0.717, 1.165) is 23.3 Å². The number of alkyl halides is 3. The fraction of sp³-hybridized carbons (Fsp3) is 0.667. The quantitative estimate of drug-likeness (QED) is 0.746. The van der Waals surface area contributed by atoms with Crippen LogP contribution < -0.4 is 10.6 Å². The van der Waals surface area contributed by atoms with Crippen LogP contribution in [-0.4, -0.2) is 24.5 Å². The van der Waals surface area contributed by atoms with Gasteiger partial charge in [-0.1, -0.05) is 6.92 Å². The third-order valence-corrected chi connectivity index (χ3v) is 3.64. The van der Waals surface area contributed by atoms with Gasteiger partial charge in [0.2, 0.25) is 5.91 Å². The second-order valence-electron chi connectivity index (χ2n) is 4.30. The summed E-state index contributed by atoms with van der Waals surface area (Å²) in [4.78, 5) is 15.2. The smallest absolute Gasteiger partial charge is 0.347 e. The predicted molar refractivity (Wildman–Crippen MR) is 78.7 cm³/mol. The van der Waals surface area contributed by atoms with E-state index < -0.39 is 17.9 Å². The van der Waals surface area contributed by atoms with Gasteiger partial charge in [0.1, 0.15) is 5.01 Å². The first kappa shape index (κ1) is 20.1. The molecule has 122 valence electrons. The maximum Gasteiger partial charge on any atom is 0.434 e. The number of hydrogen-bond donors (Lipinski definition) is 2. The third kappa shape index (κ3) is 6.62. The monoisotopic (exact) mass is 345 g/mol. The van der Waals surface area contributed by atoms with E-state index in [-0.39, 0.29) is 18.3 Å². The first-order valence-corrected chi connectivity index (χ1v) is 7.23. The Morgan fingerprint density at radius 1 is 1.48 bits per heavy atom. The molecule has 0 aliphatic carbocycles. The molecule has 2 N–H and O–H groups in total. The molecule has 0 aliphatic heterocycles. The van der Waals surface area contributed by atoms with Crippen molar-refractivity contribution in [3.8, 4) is 0 Å². The van der Waals surface area contributed by atoms with E-state index in [4.69, 9.17) is 0 Å². The van der Waals surface area contributed by atoms with Gasteiger partial charge in [0.15, 0.2) is 5.69 Å². The fourth-order valence-corrected chi connectivity index (χ4v) is 2.57. The van der Waals surface area contributed by atoms with E-state index in [1.807, 2.05) is 0 Å². The summed E-state index contributed by atoms with van der Waals surface area (Å²) in [6.07, 6.45) is -2.91.